The highest BCUT2D eigenvalue weighted by molar-refractivity contribution is 7.98. The van der Waals surface area contributed by atoms with Crippen molar-refractivity contribution in [3.05, 3.63) is 59.2 Å². The summed E-state index contributed by atoms with van der Waals surface area (Å²) in [6, 6.07) is 14.2. The molecule has 4 rings (SSSR count). The summed E-state index contributed by atoms with van der Waals surface area (Å²) in [5, 5.41) is 40.4. The van der Waals surface area contributed by atoms with Crippen LogP contribution in [0.1, 0.15) is 42.6 Å². The zero-order valence-electron chi connectivity index (χ0n) is 17.8. The second-order valence-corrected chi connectivity index (χ2v) is 9.10. The van der Waals surface area contributed by atoms with Crippen LogP contribution in [0.4, 0.5) is 0 Å². The molecule has 1 saturated heterocycles. The molecular weight excluding hydrogens is 416 g/mol. The minimum Gasteiger partial charge on any atom is -0.494 e. The highest BCUT2D eigenvalue weighted by Crippen LogP contribution is 2.56. The Hall–Kier alpha value is -1.61. The average molecular weight is 447 g/mol. The zero-order chi connectivity index (χ0) is 22.2. The van der Waals surface area contributed by atoms with Crippen molar-refractivity contribution >= 4 is 11.8 Å². The summed E-state index contributed by atoms with van der Waals surface area (Å²) in [5.74, 6) is 0.849. The molecular formula is C24H30O6S. The van der Waals surface area contributed by atoms with E-state index in [1.165, 1.54) is 11.1 Å². The molecule has 5 atom stereocenters. The van der Waals surface area contributed by atoms with E-state index < -0.39 is 37.1 Å². The van der Waals surface area contributed by atoms with E-state index in [1.807, 2.05) is 43.5 Å². The first-order valence-corrected chi connectivity index (χ1v) is 11.9. The van der Waals surface area contributed by atoms with Gasteiger partial charge in [0.05, 0.1) is 13.2 Å². The number of hydrogen-bond donors (Lipinski definition) is 4. The average Bonchev–Trinajstić information content (AvgIpc) is 3.60. The Morgan fingerprint density at radius 1 is 1.03 bits per heavy atom. The van der Waals surface area contributed by atoms with Crippen LogP contribution in [0, 0.1) is 0 Å². The van der Waals surface area contributed by atoms with Crippen LogP contribution in [-0.2, 0) is 10.2 Å². The molecule has 0 unspecified atom stereocenters. The smallest absolute Gasteiger partial charge is 0.119 e. The predicted molar refractivity (Wildman–Crippen MR) is 119 cm³/mol. The summed E-state index contributed by atoms with van der Waals surface area (Å²) in [6.07, 6.45) is -1.71. The molecule has 2 aromatic carbocycles. The van der Waals surface area contributed by atoms with Crippen LogP contribution in [0.25, 0.3) is 0 Å². The number of aliphatic hydroxyl groups excluding tert-OH is 4. The van der Waals surface area contributed by atoms with E-state index in [4.69, 9.17) is 9.47 Å². The maximum atomic E-state index is 10.6. The van der Waals surface area contributed by atoms with Gasteiger partial charge in [0.15, 0.2) is 0 Å². The number of aliphatic hydroxyl groups is 4. The molecule has 0 radical (unpaired) electrons. The molecule has 168 valence electrons. The Kier molecular flexibility index (Phi) is 6.62. The first-order chi connectivity index (χ1) is 14.9. The zero-order valence-corrected chi connectivity index (χ0v) is 18.6. The Bertz CT molecular complexity index is 895. The van der Waals surface area contributed by atoms with Gasteiger partial charge >= 0.3 is 0 Å². The van der Waals surface area contributed by atoms with Crippen LogP contribution in [0.15, 0.2) is 47.4 Å². The molecule has 0 bridgehead atoms. The maximum absolute atomic E-state index is 10.6. The van der Waals surface area contributed by atoms with E-state index in [-0.39, 0.29) is 5.41 Å². The lowest BCUT2D eigenvalue weighted by Crippen LogP contribution is -2.55. The SMILES string of the molecule is CCOc1ccc(C2(c3cc([C@@H]4O[C@H](CO)[C@@H](O)[C@H](O)[C@H]4O)ccc3SC)CC2)cc1. The lowest BCUT2D eigenvalue weighted by Gasteiger charge is -2.40. The van der Waals surface area contributed by atoms with Crippen molar-refractivity contribution in [1.29, 1.82) is 0 Å². The fourth-order valence-electron chi connectivity index (χ4n) is 4.53. The van der Waals surface area contributed by atoms with Gasteiger partial charge in [0, 0.05) is 10.3 Å². The normalized spacial score (nSPS) is 29.5. The Balaban J connectivity index is 1.70. The molecule has 1 aliphatic carbocycles. The highest BCUT2D eigenvalue weighted by Gasteiger charge is 2.48. The summed E-state index contributed by atoms with van der Waals surface area (Å²) < 4.78 is 11.4. The van der Waals surface area contributed by atoms with E-state index in [9.17, 15) is 20.4 Å². The van der Waals surface area contributed by atoms with Crippen LogP contribution in [0.3, 0.4) is 0 Å². The predicted octanol–water partition coefficient (Wildman–Crippen LogP) is 2.40. The van der Waals surface area contributed by atoms with Crippen molar-refractivity contribution in [3.63, 3.8) is 0 Å². The lowest BCUT2D eigenvalue weighted by molar-refractivity contribution is -0.231. The third-order valence-corrected chi connectivity index (χ3v) is 7.22. The molecule has 2 aromatic rings. The van der Waals surface area contributed by atoms with Gasteiger partial charge in [-0.2, -0.15) is 0 Å². The van der Waals surface area contributed by atoms with Gasteiger partial charge in [0.2, 0.25) is 0 Å². The topological polar surface area (TPSA) is 99.4 Å². The molecule has 1 aliphatic heterocycles. The second kappa shape index (κ2) is 9.10. The highest BCUT2D eigenvalue weighted by atomic mass is 32.2. The van der Waals surface area contributed by atoms with Crippen molar-refractivity contribution in [3.8, 4) is 5.75 Å². The summed E-state index contributed by atoms with van der Waals surface area (Å²) in [5.41, 5.74) is 3.01. The quantitative estimate of drug-likeness (QED) is 0.485. The molecule has 0 amide bonds. The number of ether oxygens (including phenoxy) is 2. The lowest BCUT2D eigenvalue weighted by atomic mass is 9.84. The number of benzene rings is 2. The van der Waals surface area contributed by atoms with Crippen molar-refractivity contribution in [2.24, 2.45) is 0 Å². The minimum absolute atomic E-state index is 0.104. The molecule has 2 aliphatic rings. The first kappa shape index (κ1) is 22.6. The Morgan fingerprint density at radius 3 is 2.32 bits per heavy atom. The largest absolute Gasteiger partial charge is 0.494 e. The first-order valence-electron chi connectivity index (χ1n) is 10.7. The molecule has 4 N–H and O–H groups in total. The third-order valence-electron chi connectivity index (χ3n) is 6.43. The van der Waals surface area contributed by atoms with E-state index in [0.29, 0.717) is 6.61 Å². The van der Waals surface area contributed by atoms with E-state index in [1.54, 1.807) is 11.8 Å². The molecule has 0 aromatic heterocycles. The Labute approximate surface area is 186 Å². The van der Waals surface area contributed by atoms with Gasteiger partial charge in [-0.1, -0.05) is 24.3 Å². The maximum Gasteiger partial charge on any atom is 0.119 e. The molecule has 2 fully saturated rings. The number of hydrogen-bond acceptors (Lipinski definition) is 7. The van der Waals surface area contributed by atoms with Crippen molar-refractivity contribution < 1.29 is 29.9 Å². The van der Waals surface area contributed by atoms with E-state index >= 15 is 0 Å². The molecule has 1 saturated carbocycles. The summed E-state index contributed by atoms with van der Waals surface area (Å²) in [7, 11) is 0. The van der Waals surface area contributed by atoms with Crippen LogP contribution in [0.2, 0.25) is 0 Å². The molecule has 7 heteroatoms. The van der Waals surface area contributed by atoms with Crippen LogP contribution in [-0.4, -0.2) is 64.3 Å². The fourth-order valence-corrected chi connectivity index (χ4v) is 5.21. The van der Waals surface area contributed by atoms with Crippen molar-refractivity contribution in [1.82, 2.24) is 0 Å². The van der Waals surface area contributed by atoms with Gasteiger partial charge in [-0.05, 0) is 60.9 Å². The molecule has 31 heavy (non-hydrogen) atoms. The molecule has 0 spiro atoms. The standard InChI is InChI=1S/C24H30O6S/c1-3-29-16-7-5-15(6-8-16)24(10-11-24)17-12-14(4-9-19(17)31-2)23-22(28)21(27)20(26)18(13-25)30-23/h4-9,12,18,20-23,25-28H,3,10-11,13H2,1-2H3/t18-,20-,21+,22-,23+/m1/s1. The van der Waals surface area contributed by atoms with Gasteiger partial charge in [0.25, 0.3) is 0 Å². The van der Waals surface area contributed by atoms with Gasteiger partial charge < -0.3 is 29.9 Å². The van der Waals surface area contributed by atoms with Gasteiger partial charge in [0.1, 0.15) is 36.3 Å². The van der Waals surface area contributed by atoms with E-state index in [2.05, 4.69) is 12.1 Å². The van der Waals surface area contributed by atoms with E-state index in [0.717, 1.165) is 29.1 Å². The third kappa shape index (κ3) is 4.11. The fraction of sp³-hybridized carbons (Fsp3) is 0.500. The van der Waals surface area contributed by atoms with Crippen LogP contribution >= 0.6 is 11.8 Å². The summed E-state index contributed by atoms with van der Waals surface area (Å²) >= 11 is 1.67. The van der Waals surface area contributed by atoms with Gasteiger partial charge in [-0.3, -0.25) is 0 Å². The minimum atomic E-state index is -1.39. The van der Waals surface area contributed by atoms with Crippen molar-refractivity contribution in [2.45, 2.75) is 60.6 Å². The molecule has 6 nitrogen and oxygen atoms in total. The van der Waals surface area contributed by atoms with Crippen LogP contribution < -0.4 is 4.74 Å². The van der Waals surface area contributed by atoms with Gasteiger partial charge in [-0.15, -0.1) is 11.8 Å². The summed E-state index contributed by atoms with van der Waals surface area (Å²) in [6.45, 7) is 2.15. The van der Waals surface area contributed by atoms with Crippen LogP contribution in [0.5, 0.6) is 5.75 Å². The van der Waals surface area contributed by atoms with Crippen molar-refractivity contribution in [2.75, 3.05) is 19.5 Å². The second-order valence-electron chi connectivity index (χ2n) is 8.25. The van der Waals surface area contributed by atoms with Gasteiger partial charge in [-0.25, -0.2) is 0 Å². The number of thioether (sulfide) groups is 1. The summed E-state index contributed by atoms with van der Waals surface area (Å²) in [4.78, 5) is 1.15. The number of rotatable bonds is 7. The monoisotopic (exact) mass is 446 g/mol. The molecule has 1 heterocycles. The Morgan fingerprint density at radius 2 is 1.74 bits per heavy atom.